The van der Waals surface area contributed by atoms with Crippen LogP contribution in [0.4, 0.5) is 4.39 Å². The zero-order chi connectivity index (χ0) is 15.4. The Bertz CT molecular complexity index is 559. The Balaban J connectivity index is 2.95. The van der Waals surface area contributed by atoms with Crippen molar-refractivity contribution in [1.82, 2.24) is 4.90 Å². The third kappa shape index (κ3) is 3.86. The van der Waals surface area contributed by atoms with Gasteiger partial charge in [-0.05, 0) is 32.0 Å². The van der Waals surface area contributed by atoms with Crippen molar-refractivity contribution >= 4 is 22.7 Å². The fourth-order valence-electron chi connectivity index (χ4n) is 1.39. The number of nitrogens with zero attached hydrogens (tertiary/aromatic N) is 1. The van der Waals surface area contributed by atoms with E-state index in [1.165, 1.54) is 4.90 Å². The second-order valence-electron chi connectivity index (χ2n) is 4.54. The molecule has 0 spiro atoms. The van der Waals surface area contributed by atoms with Crippen molar-refractivity contribution in [3.63, 3.8) is 0 Å². The third-order valence-corrected chi connectivity index (χ3v) is 4.16. The summed E-state index contributed by atoms with van der Waals surface area (Å²) in [5.74, 6) is -2.80. The Hall–Kier alpha value is -1.76. The number of carboxylic acid groups (broad SMARTS) is 1. The van der Waals surface area contributed by atoms with Gasteiger partial charge >= 0.3 is 5.97 Å². The smallest absolute Gasteiger partial charge is 0.335 e. The van der Waals surface area contributed by atoms with Crippen molar-refractivity contribution in [3.05, 3.63) is 29.6 Å². The highest BCUT2D eigenvalue weighted by Gasteiger charge is 2.19. The van der Waals surface area contributed by atoms with Gasteiger partial charge in [-0.2, -0.15) is 0 Å². The van der Waals surface area contributed by atoms with Crippen molar-refractivity contribution in [3.8, 4) is 0 Å². The molecule has 5 nitrogen and oxygen atoms in total. The number of halogens is 1. The number of hydrogen-bond acceptors (Lipinski definition) is 3. The lowest BCUT2D eigenvalue weighted by molar-refractivity contribution is -0.128. The molecule has 0 heterocycles. The quantitative estimate of drug-likeness (QED) is 0.894. The maximum atomic E-state index is 13.6. The highest BCUT2D eigenvalue weighted by molar-refractivity contribution is 7.85. The minimum atomic E-state index is -1.92. The summed E-state index contributed by atoms with van der Waals surface area (Å²) in [5, 5.41) is 8.83. The molecule has 0 aliphatic carbocycles. The highest BCUT2D eigenvalue weighted by atomic mass is 32.2. The summed E-state index contributed by atoms with van der Waals surface area (Å²) in [4.78, 5) is 23.7. The molecular weight excluding hydrogens is 285 g/mol. The van der Waals surface area contributed by atoms with Crippen molar-refractivity contribution in [2.75, 3.05) is 12.8 Å². The van der Waals surface area contributed by atoms with E-state index in [0.29, 0.717) is 0 Å². The van der Waals surface area contributed by atoms with E-state index in [0.717, 1.165) is 18.2 Å². The SMILES string of the molecule is CC(C)N(C)C(=O)CS(=O)c1cc(C(=O)O)ccc1F. The van der Waals surface area contributed by atoms with E-state index in [9.17, 15) is 18.2 Å². The molecule has 1 atom stereocenters. The van der Waals surface area contributed by atoms with Crippen molar-refractivity contribution in [2.24, 2.45) is 0 Å². The van der Waals surface area contributed by atoms with Gasteiger partial charge in [0.25, 0.3) is 0 Å². The Morgan fingerprint density at radius 3 is 2.50 bits per heavy atom. The first-order valence-electron chi connectivity index (χ1n) is 5.91. The van der Waals surface area contributed by atoms with Crippen LogP contribution in [0.25, 0.3) is 0 Å². The lowest BCUT2D eigenvalue weighted by Gasteiger charge is -2.21. The molecule has 0 aliphatic heterocycles. The van der Waals surface area contributed by atoms with Gasteiger partial charge in [-0.1, -0.05) is 0 Å². The Kier molecular flexibility index (Phi) is 5.38. The van der Waals surface area contributed by atoms with Crippen molar-refractivity contribution in [2.45, 2.75) is 24.8 Å². The van der Waals surface area contributed by atoms with Crippen LogP contribution in [0.5, 0.6) is 0 Å². The molecule has 1 N–H and O–H groups in total. The molecule has 1 aromatic rings. The maximum Gasteiger partial charge on any atom is 0.335 e. The van der Waals surface area contributed by atoms with Crippen LogP contribution in [0, 0.1) is 5.82 Å². The van der Waals surface area contributed by atoms with Crippen LogP contribution >= 0.6 is 0 Å². The van der Waals surface area contributed by atoms with E-state index in [2.05, 4.69) is 0 Å². The standard InChI is InChI=1S/C13H16FNO4S/c1-8(2)15(3)12(16)7-20(19)11-6-9(13(17)18)4-5-10(11)14/h4-6,8H,7H2,1-3H3,(H,17,18). The van der Waals surface area contributed by atoms with Gasteiger partial charge in [0.1, 0.15) is 11.6 Å². The van der Waals surface area contributed by atoms with Crippen molar-refractivity contribution in [1.29, 1.82) is 0 Å². The summed E-state index contributed by atoms with van der Waals surface area (Å²) in [6.45, 7) is 3.60. The van der Waals surface area contributed by atoms with Gasteiger partial charge in [0, 0.05) is 13.1 Å². The number of benzene rings is 1. The molecular formula is C13H16FNO4S. The number of aromatic carboxylic acids is 1. The molecule has 0 saturated carbocycles. The Labute approximate surface area is 118 Å². The Morgan fingerprint density at radius 2 is 2.00 bits per heavy atom. The van der Waals surface area contributed by atoms with E-state index in [1.807, 2.05) is 0 Å². The summed E-state index contributed by atoms with van der Waals surface area (Å²) in [7, 11) is -0.355. The lowest BCUT2D eigenvalue weighted by atomic mass is 10.2. The summed E-state index contributed by atoms with van der Waals surface area (Å²) in [6.07, 6.45) is 0. The predicted molar refractivity (Wildman–Crippen MR) is 72.5 cm³/mol. The van der Waals surface area contributed by atoms with Crippen LogP contribution in [0.2, 0.25) is 0 Å². The van der Waals surface area contributed by atoms with Gasteiger partial charge in [-0.25, -0.2) is 9.18 Å². The van der Waals surface area contributed by atoms with Crippen molar-refractivity contribution < 1.29 is 23.3 Å². The molecule has 0 fully saturated rings. The van der Waals surface area contributed by atoms with Crippen LogP contribution in [0.1, 0.15) is 24.2 Å². The number of carbonyl (C=O) groups is 2. The molecule has 1 amide bonds. The molecule has 0 bridgehead atoms. The molecule has 1 unspecified atom stereocenters. The van der Waals surface area contributed by atoms with E-state index >= 15 is 0 Å². The summed E-state index contributed by atoms with van der Waals surface area (Å²) < 4.78 is 25.6. The zero-order valence-electron chi connectivity index (χ0n) is 11.4. The highest BCUT2D eigenvalue weighted by Crippen LogP contribution is 2.16. The van der Waals surface area contributed by atoms with Crippen LogP contribution in [0.3, 0.4) is 0 Å². The van der Waals surface area contributed by atoms with Crippen LogP contribution in [-0.4, -0.2) is 44.9 Å². The minimum Gasteiger partial charge on any atom is -0.478 e. The first-order chi connectivity index (χ1) is 9.23. The minimum absolute atomic E-state index is 0.0605. The largest absolute Gasteiger partial charge is 0.478 e. The second-order valence-corrected chi connectivity index (χ2v) is 5.96. The predicted octanol–water partition coefficient (Wildman–Crippen LogP) is 1.50. The average molecular weight is 301 g/mol. The number of amides is 1. The van der Waals surface area contributed by atoms with E-state index < -0.39 is 28.5 Å². The summed E-state index contributed by atoms with van der Waals surface area (Å²) >= 11 is 0. The normalized spacial score (nSPS) is 12.2. The summed E-state index contributed by atoms with van der Waals surface area (Å²) in [5.41, 5.74) is -0.167. The number of carbonyl (C=O) groups excluding carboxylic acids is 1. The first-order valence-corrected chi connectivity index (χ1v) is 7.22. The molecule has 110 valence electrons. The number of hydrogen-bond donors (Lipinski definition) is 1. The fraction of sp³-hybridized carbons (Fsp3) is 0.385. The molecule has 0 aliphatic rings. The average Bonchev–Trinajstić information content (AvgIpc) is 2.37. The van der Waals surface area contributed by atoms with Gasteiger partial charge in [-0.15, -0.1) is 0 Å². The molecule has 1 aromatic carbocycles. The van der Waals surface area contributed by atoms with Gasteiger partial charge in [0.05, 0.1) is 21.3 Å². The van der Waals surface area contributed by atoms with E-state index in [4.69, 9.17) is 5.11 Å². The van der Waals surface area contributed by atoms with Crippen LogP contribution in [-0.2, 0) is 15.6 Å². The molecule has 0 aromatic heterocycles. The maximum absolute atomic E-state index is 13.6. The third-order valence-electron chi connectivity index (χ3n) is 2.85. The molecule has 7 heteroatoms. The molecule has 20 heavy (non-hydrogen) atoms. The van der Waals surface area contributed by atoms with Gasteiger partial charge in [0.2, 0.25) is 5.91 Å². The number of rotatable bonds is 5. The Morgan fingerprint density at radius 1 is 1.40 bits per heavy atom. The topological polar surface area (TPSA) is 74.7 Å². The van der Waals surface area contributed by atoms with E-state index in [1.54, 1.807) is 20.9 Å². The number of carboxylic acids is 1. The van der Waals surface area contributed by atoms with Gasteiger partial charge < -0.3 is 10.0 Å². The summed E-state index contributed by atoms with van der Waals surface area (Å²) in [6, 6.07) is 2.96. The lowest BCUT2D eigenvalue weighted by Crippen LogP contribution is -2.36. The van der Waals surface area contributed by atoms with E-state index in [-0.39, 0.29) is 22.3 Å². The van der Waals surface area contributed by atoms with Gasteiger partial charge in [0.15, 0.2) is 0 Å². The molecule has 1 rings (SSSR count). The van der Waals surface area contributed by atoms with Crippen LogP contribution < -0.4 is 0 Å². The fourth-order valence-corrected chi connectivity index (χ4v) is 2.52. The molecule has 0 radical (unpaired) electrons. The second kappa shape index (κ2) is 6.60. The van der Waals surface area contributed by atoms with Crippen LogP contribution in [0.15, 0.2) is 23.1 Å². The zero-order valence-corrected chi connectivity index (χ0v) is 12.2. The van der Waals surface area contributed by atoms with Gasteiger partial charge in [-0.3, -0.25) is 9.00 Å². The monoisotopic (exact) mass is 301 g/mol. The molecule has 0 saturated heterocycles. The first kappa shape index (κ1) is 16.3.